The van der Waals surface area contributed by atoms with E-state index in [0.717, 1.165) is 70.0 Å². The minimum Gasteiger partial charge on any atom is -0.495 e. The summed E-state index contributed by atoms with van der Waals surface area (Å²) in [5, 5.41) is 11.1. The lowest BCUT2D eigenvalue weighted by atomic mass is 9.74. The third-order valence-electron chi connectivity index (χ3n) is 9.59. The first kappa shape index (κ1) is 29.0. The molecule has 2 fully saturated rings. The van der Waals surface area contributed by atoms with E-state index in [2.05, 4.69) is 26.8 Å². The Balaban J connectivity index is 1.35. The third-order valence-corrected chi connectivity index (χ3v) is 9.59. The van der Waals surface area contributed by atoms with Gasteiger partial charge in [0, 0.05) is 6.42 Å². The van der Waals surface area contributed by atoms with Gasteiger partial charge in [0.05, 0.1) is 30.2 Å². The Kier molecular flexibility index (Phi) is 11.4. The second-order valence-electron chi connectivity index (χ2n) is 12.7. The van der Waals surface area contributed by atoms with Gasteiger partial charge in [0.2, 0.25) is 0 Å². The Morgan fingerprint density at radius 3 is 2.23 bits per heavy atom. The molecule has 3 aliphatic carbocycles. The highest BCUT2D eigenvalue weighted by Crippen LogP contribution is 2.38. The third kappa shape index (κ3) is 9.02. The molecule has 0 aromatic heterocycles. The summed E-state index contributed by atoms with van der Waals surface area (Å²) in [6.07, 6.45) is 19.2. The van der Waals surface area contributed by atoms with Gasteiger partial charge in [-0.05, 0) is 102 Å². The van der Waals surface area contributed by atoms with E-state index in [1.165, 1.54) is 32.1 Å². The fourth-order valence-corrected chi connectivity index (χ4v) is 6.92. The fourth-order valence-electron chi connectivity index (χ4n) is 6.92. The van der Waals surface area contributed by atoms with Crippen LogP contribution in [0, 0.1) is 23.7 Å². The molecular weight excluding hydrogens is 439 g/mol. The lowest BCUT2D eigenvalue weighted by Gasteiger charge is -2.36. The first-order valence-corrected chi connectivity index (χ1v) is 15.1. The van der Waals surface area contributed by atoms with E-state index in [1.54, 1.807) is 13.8 Å². The van der Waals surface area contributed by atoms with E-state index in [9.17, 15) is 9.50 Å². The van der Waals surface area contributed by atoms with Crippen LogP contribution in [-0.2, 0) is 9.47 Å². The molecule has 5 unspecified atom stereocenters. The second-order valence-corrected chi connectivity index (χ2v) is 12.7. The van der Waals surface area contributed by atoms with Gasteiger partial charge in [-0.2, -0.15) is 0 Å². The number of halogens is 1. The summed E-state index contributed by atoms with van der Waals surface area (Å²) in [7, 11) is 0. The Morgan fingerprint density at radius 1 is 0.971 bits per heavy atom. The van der Waals surface area contributed by atoms with Gasteiger partial charge in [0.1, 0.15) is 5.67 Å². The molecule has 0 aromatic rings. The van der Waals surface area contributed by atoms with Crippen molar-refractivity contribution in [2.24, 2.45) is 23.7 Å². The van der Waals surface area contributed by atoms with Gasteiger partial charge in [0.15, 0.2) is 0 Å². The SMILES string of the molecule is CCC(CCC(C)OC1=CCC(OC2CCC(C(C)(C)F)CC2)CC1)C(O)C(C)C1CCCCC1. The molecule has 0 radical (unpaired) electrons. The van der Waals surface area contributed by atoms with Gasteiger partial charge >= 0.3 is 0 Å². The van der Waals surface area contributed by atoms with Gasteiger partial charge in [-0.15, -0.1) is 0 Å². The maximum atomic E-state index is 14.2. The van der Waals surface area contributed by atoms with Gasteiger partial charge in [-0.25, -0.2) is 4.39 Å². The number of alkyl halides is 1. The van der Waals surface area contributed by atoms with Crippen LogP contribution in [0.1, 0.15) is 131 Å². The Labute approximate surface area is 215 Å². The van der Waals surface area contributed by atoms with Crippen LogP contribution in [0.3, 0.4) is 0 Å². The van der Waals surface area contributed by atoms with E-state index in [-0.39, 0.29) is 24.2 Å². The highest BCUT2D eigenvalue weighted by Gasteiger charge is 2.34. The van der Waals surface area contributed by atoms with Crippen molar-refractivity contribution in [3.05, 3.63) is 11.8 Å². The molecule has 1 N–H and O–H groups in total. The van der Waals surface area contributed by atoms with E-state index in [4.69, 9.17) is 9.47 Å². The molecule has 2 saturated carbocycles. The molecule has 3 nitrogen and oxygen atoms in total. The Hall–Kier alpha value is -0.610. The summed E-state index contributed by atoms with van der Waals surface area (Å²) in [4.78, 5) is 0. The van der Waals surface area contributed by atoms with Gasteiger partial charge in [0.25, 0.3) is 0 Å². The molecule has 0 aliphatic heterocycles. The maximum Gasteiger partial charge on any atom is 0.108 e. The van der Waals surface area contributed by atoms with Crippen LogP contribution in [-0.4, -0.2) is 35.2 Å². The molecule has 204 valence electrons. The number of aliphatic hydroxyl groups is 1. The summed E-state index contributed by atoms with van der Waals surface area (Å²) >= 11 is 0. The summed E-state index contributed by atoms with van der Waals surface area (Å²) in [6, 6.07) is 0. The van der Waals surface area contributed by atoms with Gasteiger partial charge in [-0.1, -0.05) is 52.4 Å². The number of hydrogen-bond donors (Lipinski definition) is 1. The van der Waals surface area contributed by atoms with Crippen LogP contribution >= 0.6 is 0 Å². The van der Waals surface area contributed by atoms with Crippen molar-refractivity contribution < 1.29 is 19.0 Å². The Morgan fingerprint density at radius 2 is 1.66 bits per heavy atom. The highest BCUT2D eigenvalue weighted by atomic mass is 19.1. The molecular formula is C31H55FO3. The fraction of sp³-hybridized carbons (Fsp3) is 0.935. The summed E-state index contributed by atoms with van der Waals surface area (Å²) < 4.78 is 26.9. The van der Waals surface area contributed by atoms with Crippen molar-refractivity contribution >= 4 is 0 Å². The highest BCUT2D eigenvalue weighted by molar-refractivity contribution is 5.01. The number of hydrogen-bond acceptors (Lipinski definition) is 3. The van der Waals surface area contributed by atoms with Crippen LogP contribution in [0.2, 0.25) is 0 Å². The minimum atomic E-state index is -1.07. The lowest BCUT2D eigenvalue weighted by Crippen LogP contribution is -2.34. The first-order valence-electron chi connectivity index (χ1n) is 15.1. The van der Waals surface area contributed by atoms with Crippen LogP contribution in [0.15, 0.2) is 11.8 Å². The summed E-state index contributed by atoms with van der Waals surface area (Å²) in [5.74, 6) is 2.78. The zero-order valence-corrected chi connectivity index (χ0v) is 23.4. The van der Waals surface area contributed by atoms with Gasteiger partial charge in [-0.3, -0.25) is 0 Å². The molecule has 3 aliphatic rings. The van der Waals surface area contributed by atoms with Gasteiger partial charge < -0.3 is 14.6 Å². The van der Waals surface area contributed by atoms with Crippen molar-refractivity contribution in [1.82, 2.24) is 0 Å². The molecule has 5 atom stereocenters. The van der Waals surface area contributed by atoms with E-state index >= 15 is 0 Å². The predicted octanol–water partition coefficient (Wildman–Crippen LogP) is 8.54. The lowest BCUT2D eigenvalue weighted by molar-refractivity contribution is -0.0552. The number of aliphatic hydroxyl groups excluding tert-OH is 1. The second kappa shape index (κ2) is 13.8. The van der Waals surface area contributed by atoms with E-state index in [1.807, 2.05) is 0 Å². The van der Waals surface area contributed by atoms with Crippen LogP contribution in [0.4, 0.5) is 4.39 Å². The zero-order chi connectivity index (χ0) is 25.4. The summed E-state index contributed by atoms with van der Waals surface area (Å²) in [5.41, 5.74) is -1.07. The predicted molar refractivity (Wildman–Crippen MR) is 143 cm³/mol. The standard InChI is InChI=1S/C31H55FO3/c1-6-24(30(33)23(3)25-10-8-7-9-11-25)13-12-22(2)34-27-18-20-29(21-19-27)35-28-16-14-26(15-17-28)31(4,5)32/h18,22-26,28-30,33H,6-17,19-21H2,1-5H3. The number of ether oxygens (including phenoxy) is 2. The molecule has 0 heterocycles. The van der Waals surface area contributed by atoms with Crippen molar-refractivity contribution in [1.29, 1.82) is 0 Å². The normalized spacial score (nSPS) is 30.3. The van der Waals surface area contributed by atoms with Crippen LogP contribution in [0.5, 0.6) is 0 Å². The summed E-state index contributed by atoms with van der Waals surface area (Å²) in [6.45, 7) is 10.1. The number of rotatable bonds is 12. The molecule has 0 saturated heterocycles. The van der Waals surface area contributed by atoms with E-state index < -0.39 is 5.67 Å². The number of allylic oxidation sites excluding steroid dienone is 1. The van der Waals surface area contributed by atoms with Crippen LogP contribution < -0.4 is 0 Å². The maximum absolute atomic E-state index is 14.2. The van der Waals surface area contributed by atoms with Crippen molar-refractivity contribution in [3.63, 3.8) is 0 Å². The topological polar surface area (TPSA) is 38.7 Å². The monoisotopic (exact) mass is 494 g/mol. The molecule has 0 aromatic carbocycles. The van der Waals surface area contributed by atoms with Crippen molar-refractivity contribution in [3.8, 4) is 0 Å². The molecule has 35 heavy (non-hydrogen) atoms. The average Bonchev–Trinajstić information content (AvgIpc) is 2.85. The molecule has 0 amide bonds. The quantitative estimate of drug-likeness (QED) is 0.295. The van der Waals surface area contributed by atoms with E-state index in [0.29, 0.717) is 23.9 Å². The smallest absolute Gasteiger partial charge is 0.108 e. The van der Waals surface area contributed by atoms with Crippen molar-refractivity contribution in [2.45, 2.75) is 161 Å². The zero-order valence-electron chi connectivity index (χ0n) is 23.4. The largest absolute Gasteiger partial charge is 0.495 e. The molecule has 0 bridgehead atoms. The van der Waals surface area contributed by atoms with Crippen molar-refractivity contribution in [2.75, 3.05) is 0 Å². The minimum absolute atomic E-state index is 0.180. The first-order chi connectivity index (χ1) is 16.7. The molecule has 0 spiro atoms. The molecule has 4 heteroatoms. The average molecular weight is 495 g/mol. The Bertz CT molecular complexity index is 628. The van der Waals surface area contributed by atoms with Crippen LogP contribution in [0.25, 0.3) is 0 Å². The molecule has 3 rings (SSSR count).